The van der Waals surface area contributed by atoms with Gasteiger partial charge in [0.15, 0.2) is 0 Å². The van der Waals surface area contributed by atoms with E-state index < -0.39 is 10.0 Å². The van der Waals surface area contributed by atoms with E-state index in [9.17, 15) is 13.5 Å². The van der Waals surface area contributed by atoms with Crippen molar-refractivity contribution in [3.05, 3.63) is 51.5 Å². The van der Waals surface area contributed by atoms with Crippen molar-refractivity contribution in [2.45, 2.75) is 11.8 Å². The first-order valence-electron chi connectivity index (χ1n) is 5.58. The lowest BCUT2D eigenvalue weighted by Gasteiger charge is -2.13. The second-order valence-corrected chi connectivity index (χ2v) is 7.12. The van der Waals surface area contributed by atoms with Crippen LogP contribution in [0.1, 0.15) is 5.56 Å². The zero-order chi connectivity index (χ0) is 14.9. The molecule has 4 nitrogen and oxygen atoms in total. The van der Waals surface area contributed by atoms with E-state index in [0.29, 0.717) is 10.0 Å². The first-order chi connectivity index (χ1) is 9.31. The minimum atomic E-state index is -3.87. The fraction of sp³-hybridized carbons (Fsp3) is 0.0769. The minimum Gasteiger partial charge on any atom is -0.506 e. The van der Waals surface area contributed by atoms with Gasteiger partial charge in [0.05, 0.1) is 10.7 Å². The van der Waals surface area contributed by atoms with E-state index in [1.807, 2.05) is 0 Å². The van der Waals surface area contributed by atoms with E-state index in [0.717, 1.165) is 0 Å². The average Bonchev–Trinajstić information content (AvgIpc) is 2.33. The van der Waals surface area contributed by atoms with Crippen molar-refractivity contribution in [3.63, 3.8) is 0 Å². The highest BCUT2D eigenvalue weighted by molar-refractivity contribution is 9.10. The molecule has 2 rings (SSSR count). The third-order valence-corrected chi connectivity index (χ3v) is 5.00. The zero-order valence-electron chi connectivity index (χ0n) is 10.4. The molecule has 0 aliphatic rings. The Labute approximate surface area is 130 Å². The van der Waals surface area contributed by atoms with E-state index in [1.54, 1.807) is 25.1 Å². The molecule has 0 saturated heterocycles. The normalized spacial score (nSPS) is 11.3. The van der Waals surface area contributed by atoms with Crippen LogP contribution in [0.4, 0.5) is 5.69 Å². The Balaban J connectivity index is 2.46. The molecule has 2 N–H and O–H groups in total. The highest BCUT2D eigenvalue weighted by Crippen LogP contribution is 2.31. The molecule has 0 amide bonds. The van der Waals surface area contributed by atoms with Gasteiger partial charge in [-0.1, -0.05) is 39.7 Å². The fourth-order valence-corrected chi connectivity index (χ4v) is 3.85. The monoisotopic (exact) mass is 375 g/mol. The fourth-order valence-electron chi connectivity index (χ4n) is 1.67. The molecule has 0 aliphatic carbocycles. The van der Waals surface area contributed by atoms with Crippen LogP contribution in [0.15, 0.2) is 45.8 Å². The van der Waals surface area contributed by atoms with Crippen LogP contribution < -0.4 is 4.72 Å². The van der Waals surface area contributed by atoms with E-state index in [2.05, 4.69) is 20.7 Å². The summed E-state index contributed by atoms with van der Waals surface area (Å²) in [5.74, 6) is -0.137. The molecule has 0 spiro atoms. The number of para-hydroxylation sites is 1. The Kier molecular flexibility index (Phi) is 4.27. The van der Waals surface area contributed by atoms with Gasteiger partial charge in [0.2, 0.25) is 0 Å². The maximum atomic E-state index is 12.3. The molecule has 0 atom stereocenters. The van der Waals surface area contributed by atoms with E-state index in [4.69, 9.17) is 11.6 Å². The van der Waals surface area contributed by atoms with Crippen molar-refractivity contribution in [2.24, 2.45) is 0 Å². The smallest absolute Gasteiger partial charge is 0.263 e. The summed E-state index contributed by atoms with van der Waals surface area (Å²) >= 11 is 9.16. The first kappa shape index (κ1) is 15.2. The Morgan fingerprint density at radius 3 is 2.55 bits per heavy atom. The molecular weight excluding hydrogens is 366 g/mol. The quantitative estimate of drug-likeness (QED) is 0.798. The van der Waals surface area contributed by atoms with Crippen LogP contribution in [0.5, 0.6) is 5.75 Å². The second kappa shape index (κ2) is 5.63. The first-order valence-corrected chi connectivity index (χ1v) is 8.23. The maximum absolute atomic E-state index is 12.3. The highest BCUT2D eigenvalue weighted by atomic mass is 79.9. The Morgan fingerprint density at radius 1 is 1.25 bits per heavy atom. The van der Waals surface area contributed by atoms with Gasteiger partial charge in [0, 0.05) is 4.47 Å². The van der Waals surface area contributed by atoms with E-state index in [1.165, 1.54) is 18.2 Å². The summed E-state index contributed by atoms with van der Waals surface area (Å²) < 4.78 is 27.7. The number of nitrogens with one attached hydrogen (secondary N) is 1. The van der Waals surface area contributed by atoms with Gasteiger partial charge >= 0.3 is 0 Å². The maximum Gasteiger partial charge on any atom is 0.263 e. The second-order valence-electron chi connectivity index (χ2n) is 4.15. The van der Waals surface area contributed by atoms with Crippen molar-refractivity contribution in [1.29, 1.82) is 0 Å². The molecular formula is C13H11BrClNO3S. The lowest BCUT2D eigenvalue weighted by molar-refractivity contribution is 0.477. The molecule has 2 aromatic rings. The van der Waals surface area contributed by atoms with Crippen LogP contribution in [-0.2, 0) is 10.0 Å². The summed E-state index contributed by atoms with van der Waals surface area (Å²) in [6.45, 7) is 1.70. The molecule has 0 unspecified atom stereocenters. The lowest BCUT2D eigenvalue weighted by atomic mass is 10.2. The molecule has 0 fully saturated rings. The molecule has 2 aromatic carbocycles. The van der Waals surface area contributed by atoms with Gasteiger partial charge in [-0.15, -0.1) is 0 Å². The molecule has 106 valence electrons. The number of halogens is 2. The Morgan fingerprint density at radius 2 is 1.95 bits per heavy atom. The van der Waals surface area contributed by atoms with Crippen molar-refractivity contribution < 1.29 is 13.5 Å². The van der Waals surface area contributed by atoms with Crippen LogP contribution in [0.2, 0.25) is 5.02 Å². The lowest BCUT2D eigenvalue weighted by Crippen LogP contribution is -2.14. The van der Waals surface area contributed by atoms with Crippen LogP contribution in [-0.4, -0.2) is 13.5 Å². The molecule has 20 heavy (non-hydrogen) atoms. The van der Waals surface area contributed by atoms with Crippen molar-refractivity contribution in [3.8, 4) is 5.75 Å². The number of aromatic hydroxyl groups is 1. The van der Waals surface area contributed by atoms with Gasteiger partial charge in [-0.3, -0.25) is 4.72 Å². The number of hydrogen-bond donors (Lipinski definition) is 2. The topological polar surface area (TPSA) is 66.4 Å². The third kappa shape index (κ3) is 3.08. The number of hydrogen-bond acceptors (Lipinski definition) is 3. The highest BCUT2D eigenvalue weighted by Gasteiger charge is 2.20. The summed E-state index contributed by atoms with van der Waals surface area (Å²) in [6.07, 6.45) is 0. The molecule has 7 heteroatoms. The van der Waals surface area contributed by atoms with Gasteiger partial charge in [-0.2, -0.15) is 0 Å². The van der Waals surface area contributed by atoms with Crippen LogP contribution in [0.3, 0.4) is 0 Å². The number of phenolic OH excluding ortho intramolecular Hbond substituents is 1. The SMILES string of the molecule is Cc1cccc(O)c1NS(=O)(=O)c1ccc(Br)cc1Cl. The van der Waals surface area contributed by atoms with Gasteiger partial charge in [0.25, 0.3) is 10.0 Å². The van der Waals surface area contributed by atoms with Crippen LogP contribution in [0.25, 0.3) is 0 Å². The van der Waals surface area contributed by atoms with Crippen molar-refractivity contribution in [1.82, 2.24) is 0 Å². The van der Waals surface area contributed by atoms with Gasteiger partial charge in [-0.25, -0.2) is 8.42 Å². The predicted octanol–water partition coefficient (Wildman–Crippen LogP) is 3.92. The average molecular weight is 377 g/mol. The van der Waals surface area contributed by atoms with Gasteiger partial charge in [-0.05, 0) is 36.8 Å². The van der Waals surface area contributed by atoms with Crippen molar-refractivity contribution in [2.75, 3.05) is 4.72 Å². The van der Waals surface area contributed by atoms with Crippen molar-refractivity contribution >= 4 is 43.2 Å². The van der Waals surface area contributed by atoms with Gasteiger partial charge in [0.1, 0.15) is 10.6 Å². The van der Waals surface area contributed by atoms with E-state index >= 15 is 0 Å². The molecule has 0 radical (unpaired) electrons. The Hall–Kier alpha value is -1.24. The zero-order valence-corrected chi connectivity index (χ0v) is 13.6. The predicted molar refractivity (Wildman–Crippen MR) is 82.8 cm³/mol. The number of sulfonamides is 1. The number of benzene rings is 2. The summed E-state index contributed by atoms with van der Waals surface area (Å²) in [4.78, 5) is -0.0509. The number of phenols is 1. The van der Waals surface area contributed by atoms with E-state index in [-0.39, 0.29) is 21.4 Å². The third-order valence-electron chi connectivity index (χ3n) is 2.67. The number of anilines is 1. The summed E-state index contributed by atoms with van der Waals surface area (Å²) in [5.41, 5.74) is 0.758. The summed E-state index contributed by atoms with van der Waals surface area (Å²) in [5, 5.41) is 9.84. The molecule has 0 bridgehead atoms. The molecule has 0 aromatic heterocycles. The minimum absolute atomic E-state index is 0.0509. The molecule has 0 heterocycles. The molecule has 0 saturated carbocycles. The largest absolute Gasteiger partial charge is 0.506 e. The summed E-state index contributed by atoms with van der Waals surface area (Å²) in [7, 11) is -3.87. The standard InChI is InChI=1S/C13H11BrClNO3S/c1-8-3-2-4-11(17)13(8)16-20(18,19)12-6-5-9(14)7-10(12)15/h2-7,16-17H,1H3. The number of rotatable bonds is 3. The summed E-state index contributed by atoms with van der Waals surface area (Å²) in [6, 6.07) is 9.21. The van der Waals surface area contributed by atoms with Crippen LogP contribution in [0, 0.1) is 6.92 Å². The molecule has 0 aliphatic heterocycles. The number of aryl methyl sites for hydroxylation is 1. The Bertz CT molecular complexity index is 742. The van der Waals surface area contributed by atoms with Gasteiger partial charge < -0.3 is 5.11 Å². The van der Waals surface area contributed by atoms with Crippen LogP contribution >= 0.6 is 27.5 Å².